The van der Waals surface area contributed by atoms with Gasteiger partial charge in [-0.15, -0.1) is 10.2 Å². The fraction of sp³-hybridized carbons (Fsp3) is 0.364. The number of phenols is 1. The Morgan fingerprint density at radius 2 is 1.83 bits per heavy atom. The molecule has 1 aromatic carbocycles. The quantitative estimate of drug-likeness (QED) is 0.696. The Labute approximate surface area is 174 Å². The van der Waals surface area contributed by atoms with Gasteiger partial charge in [-0.3, -0.25) is 4.79 Å². The van der Waals surface area contributed by atoms with Crippen molar-refractivity contribution in [3.63, 3.8) is 0 Å². The Hall–Kier alpha value is -3.42. The highest BCUT2D eigenvalue weighted by atomic mass is 16.3. The van der Waals surface area contributed by atoms with Crippen molar-refractivity contribution in [3.05, 3.63) is 53.2 Å². The van der Waals surface area contributed by atoms with Gasteiger partial charge < -0.3 is 15.3 Å². The number of benzene rings is 1. The predicted molar refractivity (Wildman–Crippen MR) is 113 cm³/mol. The SMILES string of the molecule is Cc1nn(-c2ccc(N3CCCCC3)nn2)c2c1[C@@H](c1cccc(O)c1)CC(=O)N2. The van der Waals surface area contributed by atoms with Gasteiger partial charge in [0.05, 0.1) is 5.69 Å². The van der Waals surface area contributed by atoms with E-state index in [1.165, 1.54) is 19.3 Å². The molecule has 2 N–H and O–H groups in total. The highest BCUT2D eigenvalue weighted by molar-refractivity contribution is 5.95. The average molecular weight is 404 g/mol. The van der Waals surface area contributed by atoms with E-state index in [2.05, 4.69) is 25.5 Å². The minimum Gasteiger partial charge on any atom is -0.508 e. The van der Waals surface area contributed by atoms with E-state index in [-0.39, 0.29) is 17.6 Å². The summed E-state index contributed by atoms with van der Waals surface area (Å²) < 4.78 is 1.66. The molecule has 0 bridgehead atoms. The van der Waals surface area contributed by atoms with Gasteiger partial charge in [0.2, 0.25) is 5.91 Å². The monoisotopic (exact) mass is 404 g/mol. The first-order chi connectivity index (χ1) is 14.6. The van der Waals surface area contributed by atoms with Gasteiger partial charge >= 0.3 is 0 Å². The number of aromatic nitrogens is 4. The van der Waals surface area contributed by atoms with Gasteiger partial charge in [0.15, 0.2) is 11.6 Å². The summed E-state index contributed by atoms with van der Waals surface area (Å²) in [7, 11) is 0. The van der Waals surface area contributed by atoms with Gasteiger partial charge in [-0.05, 0) is 56.0 Å². The smallest absolute Gasteiger partial charge is 0.226 e. The van der Waals surface area contributed by atoms with E-state index in [9.17, 15) is 9.90 Å². The molecule has 2 aromatic heterocycles. The number of aryl methyl sites for hydroxylation is 1. The number of nitrogens with zero attached hydrogens (tertiary/aromatic N) is 5. The van der Waals surface area contributed by atoms with Crippen LogP contribution in [0.4, 0.5) is 11.6 Å². The van der Waals surface area contributed by atoms with Crippen molar-refractivity contribution in [1.29, 1.82) is 0 Å². The van der Waals surface area contributed by atoms with E-state index in [0.29, 0.717) is 18.1 Å². The normalized spacial score (nSPS) is 18.8. The van der Waals surface area contributed by atoms with Gasteiger partial charge in [-0.2, -0.15) is 9.78 Å². The molecule has 30 heavy (non-hydrogen) atoms. The van der Waals surface area contributed by atoms with E-state index in [0.717, 1.165) is 35.7 Å². The Morgan fingerprint density at radius 1 is 1.07 bits per heavy atom. The summed E-state index contributed by atoms with van der Waals surface area (Å²) in [4.78, 5) is 14.7. The van der Waals surface area contributed by atoms with Crippen molar-refractivity contribution in [3.8, 4) is 11.6 Å². The second-order valence-corrected chi connectivity index (χ2v) is 7.96. The molecule has 2 aliphatic rings. The van der Waals surface area contributed by atoms with Gasteiger partial charge in [0.25, 0.3) is 0 Å². The van der Waals surface area contributed by atoms with E-state index < -0.39 is 0 Å². The van der Waals surface area contributed by atoms with Crippen LogP contribution in [0.1, 0.15) is 48.4 Å². The molecule has 4 heterocycles. The van der Waals surface area contributed by atoms with Gasteiger partial charge in [-0.25, -0.2) is 0 Å². The number of amides is 1. The first-order valence-electron chi connectivity index (χ1n) is 10.4. The van der Waals surface area contributed by atoms with Crippen LogP contribution in [0.15, 0.2) is 36.4 Å². The number of rotatable bonds is 3. The third-order valence-corrected chi connectivity index (χ3v) is 5.91. The number of carbonyl (C=O) groups excluding carboxylic acids is 1. The van der Waals surface area contributed by atoms with Gasteiger partial charge in [0, 0.05) is 31.0 Å². The van der Waals surface area contributed by atoms with Crippen LogP contribution in [0.3, 0.4) is 0 Å². The molecular weight excluding hydrogens is 380 g/mol. The molecular formula is C22H24N6O2. The van der Waals surface area contributed by atoms with Crippen molar-refractivity contribution in [2.75, 3.05) is 23.3 Å². The molecule has 0 radical (unpaired) electrons. The number of fused-ring (bicyclic) bond motifs is 1. The zero-order chi connectivity index (χ0) is 20.7. The van der Waals surface area contributed by atoms with Crippen LogP contribution >= 0.6 is 0 Å². The number of hydrogen-bond acceptors (Lipinski definition) is 6. The van der Waals surface area contributed by atoms with Crippen LogP contribution in [0.2, 0.25) is 0 Å². The zero-order valence-electron chi connectivity index (χ0n) is 16.9. The van der Waals surface area contributed by atoms with E-state index in [1.807, 2.05) is 25.1 Å². The summed E-state index contributed by atoms with van der Waals surface area (Å²) in [6.07, 6.45) is 3.93. The first-order valence-corrected chi connectivity index (χ1v) is 10.4. The topological polar surface area (TPSA) is 96.2 Å². The van der Waals surface area contributed by atoms with Crippen LogP contribution in [0.25, 0.3) is 5.82 Å². The lowest BCUT2D eigenvalue weighted by atomic mass is 9.86. The van der Waals surface area contributed by atoms with Crippen LogP contribution in [0, 0.1) is 6.92 Å². The third kappa shape index (κ3) is 3.28. The van der Waals surface area contributed by atoms with Crippen LogP contribution in [0.5, 0.6) is 5.75 Å². The fourth-order valence-corrected chi connectivity index (χ4v) is 4.46. The van der Waals surface area contributed by atoms with Gasteiger partial charge in [0.1, 0.15) is 11.6 Å². The summed E-state index contributed by atoms with van der Waals surface area (Å²) in [5, 5.41) is 26.3. The minimum absolute atomic E-state index is 0.0881. The Kier molecular flexibility index (Phi) is 4.61. The van der Waals surface area contributed by atoms with Crippen LogP contribution in [-0.4, -0.2) is 44.1 Å². The van der Waals surface area contributed by atoms with E-state index in [1.54, 1.807) is 22.9 Å². The highest BCUT2D eigenvalue weighted by Crippen LogP contribution is 2.40. The molecule has 0 saturated carbocycles. The largest absolute Gasteiger partial charge is 0.508 e. The Morgan fingerprint density at radius 3 is 2.57 bits per heavy atom. The molecule has 0 aliphatic carbocycles. The lowest BCUT2D eigenvalue weighted by molar-refractivity contribution is -0.116. The van der Waals surface area contributed by atoms with Gasteiger partial charge in [-0.1, -0.05) is 12.1 Å². The predicted octanol–water partition coefficient (Wildman–Crippen LogP) is 3.14. The summed E-state index contributed by atoms with van der Waals surface area (Å²) >= 11 is 0. The molecule has 2 aliphatic heterocycles. The highest BCUT2D eigenvalue weighted by Gasteiger charge is 2.33. The maximum absolute atomic E-state index is 12.5. The van der Waals surface area contributed by atoms with Crippen molar-refractivity contribution < 1.29 is 9.90 Å². The number of phenolic OH excluding ortho intramolecular Hbond substituents is 1. The van der Waals surface area contributed by atoms with Crippen molar-refractivity contribution in [2.45, 2.75) is 38.5 Å². The molecule has 8 nitrogen and oxygen atoms in total. The van der Waals surface area contributed by atoms with Crippen molar-refractivity contribution in [1.82, 2.24) is 20.0 Å². The van der Waals surface area contributed by atoms with Crippen molar-refractivity contribution in [2.24, 2.45) is 0 Å². The zero-order valence-corrected chi connectivity index (χ0v) is 16.9. The second kappa shape index (κ2) is 7.44. The molecule has 1 fully saturated rings. The van der Waals surface area contributed by atoms with Crippen LogP contribution < -0.4 is 10.2 Å². The maximum Gasteiger partial charge on any atom is 0.226 e. The van der Waals surface area contributed by atoms with E-state index in [4.69, 9.17) is 0 Å². The number of aromatic hydroxyl groups is 1. The summed E-state index contributed by atoms with van der Waals surface area (Å²) in [5.74, 6) is 1.99. The summed E-state index contributed by atoms with van der Waals surface area (Å²) in [6.45, 7) is 3.94. The first kappa shape index (κ1) is 18.6. The Bertz CT molecular complexity index is 1090. The molecule has 154 valence electrons. The molecule has 0 spiro atoms. The molecule has 1 atom stereocenters. The molecule has 5 rings (SSSR count). The number of nitrogens with one attached hydrogen (secondary N) is 1. The summed E-state index contributed by atoms with van der Waals surface area (Å²) in [5.41, 5.74) is 2.66. The Balaban J connectivity index is 1.52. The maximum atomic E-state index is 12.5. The fourth-order valence-electron chi connectivity index (χ4n) is 4.46. The lowest BCUT2D eigenvalue weighted by Crippen LogP contribution is -2.30. The third-order valence-electron chi connectivity index (χ3n) is 5.91. The molecule has 8 heteroatoms. The standard InChI is InChI=1S/C22H24N6O2/c1-14-21-17(15-6-5-7-16(29)12-15)13-20(30)23-22(21)28(26-14)19-9-8-18(24-25-19)27-10-3-2-4-11-27/h5-9,12,17,29H,2-4,10-11,13H2,1H3,(H,23,30)/t17-/m1/s1. The molecule has 0 unspecified atom stereocenters. The minimum atomic E-state index is -0.171. The average Bonchev–Trinajstić information content (AvgIpc) is 3.10. The second-order valence-electron chi connectivity index (χ2n) is 7.96. The molecule has 1 amide bonds. The summed E-state index contributed by atoms with van der Waals surface area (Å²) in [6, 6.07) is 10.9. The van der Waals surface area contributed by atoms with E-state index >= 15 is 0 Å². The number of piperidine rings is 1. The number of hydrogen-bond donors (Lipinski definition) is 2. The molecule has 3 aromatic rings. The number of anilines is 2. The van der Waals surface area contributed by atoms with Crippen LogP contribution in [-0.2, 0) is 4.79 Å². The molecule has 1 saturated heterocycles. The lowest BCUT2D eigenvalue weighted by Gasteiger charge is -2.27. The number of carbonyl (C=O) groups is 1. The van der Waals surface area contributed by atoms with Crippen molar-refractivity contribution >= 4 is 17.5 Å².